The number of amides is 1. The van der Waals surface area contributed by atoms with Gasteiger partial charge in [-0.05, 0) is 37.5 Å². The van der Waals surface area contributed by atoms with Crippen LogP contribution in [0.3, 0.4) is 0 Å². The molecular weight excluding hydrogens is 180 g/mol. The van der Waals surface area contributed by atoms with Gasteiger partial charge in [0.2, 0.25) is 0 Å². The van der Waals surface area contributed by atoms with Crippen molar-refractivity contribution in [2.24, 2.45) is 17.6 Å². The molecule has 0 bridgehead atoms. The fourth-order valence-corrected chi connectivity index (χ4v) is 2.34. The molecule has 1 aliphatic carbocycles. The highest BCUT2D eigenvalue weighted by Gasteiger charge is 2.35. The summed E-state index contributed by atoms with van der Waals surface area (Å²) in [5.74, 6) is 1.29. The lowest BCUT2D eigenvalue weighted by atomic mass is 9.87. The van der Waals surface area contributed by atoms with Crippen molar-refractivity contribution in [3.63, 3.8) is 0 Å². The van der Waals surface area contributed by atoms with E-state index in [0.717, 1.165) is 18.8 Å². The summed E-state index contributed by atoms with van der Waals surface area (Å²) in [7, 11) is 0. The van der Waals surface area contributed by atoms with E-state index in [1.165, 1.54) is 17.7 Å². The van der Waals surface area contributed by atoms with Crippen LogP contribution < -0.4 is 5.73 Å². The van der Waals surface area contributed by atoms with Crippen LogP contribution in [0.25, 0.3) is 0 Å². The van der Waals surface area contributed by atoms with Gasteiger partial charge >= 0.3 is 6.09 Å². The number of hydrogen-bond acceptors (Lipinski definition) is 2. The molecule has 1 atom stereocenters. The van der Waals surface area contributed by atoms with E-state index in [2.05, 4.69) is 0 Å². The van der Waals surface area contributed by atoms with Crippen LogP contribution in [-0.2, 0) is 0 Å². The molecule has 2 rings (SSSR count). The Labute approximate surface area is 84.1 Å². The molecule has 0 aromatic rings. The van der Waals surface area contributed by atoms with E-state index in [1.54, 1.807) is 0 Å². The highest BCUT2D eigenvalue weighted by Crippen LogP contribution is 2.37. The molecular formula is C10H18N2O2. The van der Waals surface area contributed by atoms with Crippen molar-refractivity contribution in [3.8, 4) is 0 Å². The van der Waals surface area contributed by atoms with Gasteiger partial charge in [-0.2, -0.15) is 0 Å². The molecule has 4 nitrogen and oxygen atoms in total. The van der Waals surface area contributed by atoms with Crippen LogP contribution in [0.5, 0.6) is 0 Å². The quantitative estimate of drug-likeness (QED) is 0.698. The fraction of sp³-hybridized carbons (Fsp3) is 0.900. The van der Waals surface area contributed by atoms with Gasteiger partial charge in [0.1, 0.15) is 0 Å². The number of likely N-dealkylation sites (tertiary alicyclic amines) is 1. The van der Waals surface area contributed by atoms with E-state index in [9.17, 15) is 4.79 Å². The largest absolute Gasteiger partial charge is 0.465 e. The Balaban J connectivity index is 1.80. The molecule has 1 saturated heterocycles. The number of carbonyl (C=O) groups is 1. The molecule has 0 spiro atoms. The Morgan fingerprint density at radius 2 is 1.71 bits per heavy atom. The van der Waals surface area contributed by atoms with Crippen LogP contribution in [0.15, 0.2) is 0 Å². The minimum absolute atomic E-state index is 0.325. The van der Waals surface area contributed by atoms with Crippen LogP contribution in [-0.4, -0.2) is 35.2 Å². The third-order valence-corrected chi connectivity index (χ3v) is 3.52. The van der Waals surface area contributed by atoms with Gasteiger partial charge in [-0.1, -0.05) is 0 Å². The van der Waals surface area contributed by atoms with Gasteiger partial charge in [-0.3, -0.25) is 0 Å². The summed E-state index contributed by atoms with van der Waals surface area (Å²) in [6.45, 7) is 1.33. The number of piperidine rings is 1. The van der Waals surface area contributed by atoms with E-state index in [4.69, 9.17) is 10.8 Å². The zero-order chi connectivity index (χ0) is 10.1. The topological polar surface area (TPSA) is 66.6 Å². The Bertz CT molecular complexity index is 220. The number of hydrogen-bond donors (Lipinski definition) is 2. The van der Waals surface area contributed by atoms with Crippen LogP contribution >= 0.6 is 0 Å². The van der Waals surface area contributed by atoms with E-state index in [1.807, 2.05) is 0 Å². The molecule has 1 unspecified atom stereocenters. The first-order chi connectivity index (χ1) is 6.68. The average molecular weight is 198 g/mol. The fourth-order valence-electron chi connectivity index (χ4n) is 2.34. The van der Waals surface area contributed by atoms with E-state index < -0.39 is 6.09 Å². The Morgan fingerprint density at radius 3 is 2.14 bits per heavy atom. The summed E-state index contributed by atoms with van der Waals surface area (Å²) in [4.78, 5) is 12.2. The first-order valence-corrected chi connectivity index (χ1v) is 5.42. The van der Waals surface area contributed by atoms with Gasteiger partial charge in [-0.25, -0.2) is 4.79 Å². The van der Waals surface area contributed by atoms with Crippen molar-refractivity contribution >= 4 is 6.09 Å². The van der Waals surface area contributed by atoms with Crippen LogP contribution in [0.4, 0.5) is 4.79 Å². The molecule has 0 aromatic carbocycles. The normalized spacial score (nSPS) is 26.2. The first kappa shape index (κ1) is 9.77. The van der Waals surface area contributed by atoms with Crippen molar-refractivity contribution in [3.05, 3.63) is 0 Å². The average Bonchev–Trinajstić information content (AvgIpc) is 3.00. The molecule has 1 aliphatic heterocycles. The Kier molecular flexibility index (Phi) is 2.63. The molecule has 14 heavy (non-hydrogen) atoms. The van der Waals surface area contributed by atoms with Crippen molar-refractivity contribution in [2.45, 2.75) is 31.7 Å². The number of rotatable bonds is 2. The molecule has 80 valence electrons. The maximum absolute atomic E-state index is 10.7. The van der Waals surface area contributed by atoms with E-state index >= 15 is 0 Å². The number of nitrogens with two attached hydrogens (primary N) is 1. The molecule has 2 fully saturated rings. The third kappa shape index (κ3) is 2.00. The van der Waals surface area contributed by atoms with Crippen molar-refractivity contribution < 1.29 is 9.90 Å². The van der Waals surface area contributed by atoms with Gasteiger partial charge in [-0.15, -0.1) is 0 Å². The van der Waals surface area contributed by atoms with Gasteiger partial charge < -0.3 is 15.7 Å². The number of carboxylic acid groups (broad SMARTS) is 1. The molecule has 0 aromatic heterocycles. The summed E-state index contributed by atoms with van der Waals surface area (Å²) in [5.41, 5.74) is 6.11. The number of nitrogens with zero attached hydrogens (tertiary/aromatic N) is 1. The minimum Gasteiger partial charge on any atom is -0.465 e. The van der Waals surface area contributed by atoms with Gasteiger partial charge in [0, 0.05) is 19.1 Å². The SMILES string of the molecule is NC(C1CC1)C1CCN(C(=O)O)CC1. The molecule has 0 radical (unpaired) electrons. The molecule has 4 heteroatoms. The maximum atomic E-state index is 10.7. The van der Waals surface area contributed by atoms with E-state index in [0.29, 0.717) is 25.0 Å². The highest BCUT2D eigenvalue weighted by atomic mass is 16.4. The van der Waals surface area contributed by atoms with Crippen molar-refractivity contribution in [2.75, 3.05) is 13.1 Å². The smallest absolute Gasteiger partial charge is 0.407 e. The first-order valence-electron chi connectivity index (χ1n) is 5.42. The summed E-state index contributed by atoms with van der Waals surface area (Å²) in [6, 6.07) is 0.325. The monoisotopic (exact) mass is 198 g/mol. The Morgan fingerprint density at radius 1 is 1.21 bits per heavy atom. The predicted molar refractivity (Wildman–Crippen MR) is 53.0 cm³/mol. The lowest BCUT2D eigenvalue weighted by molar-refractivity contribution is 0.118. The van der Waals surface area contributed by atoms with E-state index in [-0.39, 0.29) is 0 Å². The second kappa shape index (κ2) is 3.77. The van der Waals surface area contributed by atoms with Crippen molar-refractivity contribution in [1.82, 2.24) is 4.90 Å². The predicted octanol–water partition coefficient (Wildman–Crippen LogP) is 1.11. The molecule has 3 N–H and O–H groups in total. The summed E-state index contributed by atoms with van der Waals surface area (Å²) in [5, 5.41) is 8.78. The highest BCUT2D eigenvalue weighted by molar-refractivity contribution is 5.64. The van der Waals surface area contributed by atoms with Crippen molar-refractivity contribution in [1.29, 1.82) is 0 Å². The van der Waals surface area contributed by atoms with Crippen LogP contribution in [0, 0.1) is 11.8 Å². The van der Waals surface area contributed by atoms with Crippen LogP contribution in [0.2, 0.25) is 0 Å². The Hall–Kier alpha value is -0.770. The minimum atomic E-state index is -0.788. The molecule has 1 heterocycles. The lowest BCUT2D eigenvalue weighted by Gasteiger charge is -2.33. The second-order valence-corrected chi connectivity index (χ2v) is 4.52. The maximum Gasteiger partial charge on any atom is 0.407 e. The van der Waals surface area contributed by atoms with Gasteiger partial charge in [0.25, 0.3) is 0 Å². The standard InChI is InChI=1S/C10H18N2O2/c11-9(7-1-2-7)8-3-5-12(6-4-8)10(13)14/h7-9H,1-6,11H2,(H,13,14). The molecule has 2 aliphatic rings. The molecule has 1 saturated carbocycles. The summed E-state index contributed by atoms with van der Waals surface area (Å²) >= 11 is 0. The van der Waals surface area contributed by atoms with Gasteiger partial charge in [0.05, 0.1) is 0 Å². The second-order valence-electron chi connectivity index (χ2n) is 4.52. The molecule has 1 amide bonds. The third-order valence-electron chi connectivity index (χ3n) is 3.52. The van der Waals surface area contributed by atoms with Gasteiger partial charge in [0.15, 0.2) is 0 Å². The van der Waals surface area contributed by atoms with Crippen LogP contribution in [0.1, 0.15) is 25.7 Å². The zero-order valence-corrected chi connectivity index (χ0v) is 8.35. The lowest BCUT2D eigenvalue weighted by Crippen LogP contribution is -2.43. The zero-order valence-electron chi connectivity index (χ0n) is 8.35. The summed E-state index contributed by atoms with van der Waals surface area (Å²) in [6.07, 6.45) is 3.66. The summed E-state index contributed by atoms with van der Waals surface area (Å²) < 4.78 is 0.